The highest BCUT2D eigenvalue weighted by atomic mass is 19.3. The SMILES string of the molecule is Cn1cnc2ccc(C3C=CN=CC3/C=C/C(=O)Nc3ccc4c(c3)CN(CC(F)(F)CO)C4)cc21. The number of carbonyl (C=O) groups excluding carboxylic acids is 1. The Balaban J connectivity index is 1.24. The van der Waals surface area contributed by atoms with Crippen molar-refractivity contribution in [2.24, 2.45) is 18.0 Å². The van der Waals surface area contributed by atoms with Crippen LogP contribution in [0.5, 0.6) is 0 Å². The Bertz CT molecular complexity index is 1380. The summed E-state index contributed by atoms with van der Waals surface area (Å²) in [6.07, 6.45) is 10.8. The molecule has 0 aliphatic carbocycles. The van der Waals surface area contributed by atoms with Crippen LogP contribution >= 0.6 is 0 Å². The maximum absolute atomic E-state index is 13.6. The number of imidazole rings is 1. The molecule has 2 aromatic carbocycles. The van der Waals surface area contributed by atoms with Crippen LogP contribution in [0.1, 0.15) is 22.6 Å². The Hall–Kier alpha value is -3.69. The van der Waals surface area contributed by atoms with Crippen molar-refractivity contribution < 1.29 is 18.7 Å². The minimum Gasteiger partial charge on any atom is -0.390 e. The number of hydrogen-bond acceptors (Lipinski definition) is 5. The van der Waals surface area contributed by atoms with E-state index in [4.69, 9.17) is 5.11 Å². The first-order valence-electron chi connectivity index (χ1n) is 11.7. The summed E-state index contributed by atoms with van der Waals surface area (Å²) >= 11 is 0. The summed E-state index contributed by atoms with van der Waals surface area (Å²) in [5, 5.41) is 11.7. The smallest absolute Gasteiger partial charge is 0.283 e. The van der Waals surface area contributed by atoms with Crippen molar-refractivity contribution in [1.29, 1.82) is 0 Å². The second-order valence-electron chi connectivity index (χ2n) is 9.34. The lowest BCUT2D eigenvalue weighted by molar-refractivity contribution is -0.111. The van der Waals surface area contributed by atoms with E-state index in [1.807, 2.05) is 48.2 Å². The number of fused-ring (bicyclic) bond motifs is 2. The zero-order chi connectivity index (χ0) is 25.3. The van der Waals surface area contributed by atoms with Crippen LogP contribution in [0.3, 0.4) is 0 Å². The molecule has 3 aromatic rings. The third-order valence-corrected chi connectivity index (χ3v) is 6.60. The van der Waals surface area contributed by atoms with E-state index in [9.17, 15) is 13.6 Å². The van der Waals surface area contributed by atoms with Gasteiger partial charge in [-0.25, -0.2) is 13.8 Å². The lowest BCUT2D eigenvalue weighted by atomic mass is 9.85. The monoisotopic (exact) mass is 491 g/mol. The molecular formula is C27H27F2N5O2. The van der Waals surface area contributed by atoms with Crippen molar-refractivity contribution in [3.8, 4) is 0 Å². The predicted octanol–water partition coefficient (Wildman–Crippen LogP) is 4.01. The van der Waals surface area contributed by atoms with Gasteiger partial charge in [0.2, 0.25) is 5.91 Å². The molecule has 0 saturated heterocycles. The predicted molar refractivity (Wildman–Crippen MR) is 135 cm³/mol. The van der Waals surface area contributed by atoms with Crippen molar-refractivity contribution in [3.63, 3.8) is 0 Å². The highest BCUT2D eigenvalue weighted by molar-refractivity contribution is 5.99. The number of halogens is 2. The number of aliphatic hydroxyl groups is 1. The number of alkyl halides is 2. The topological polar surface area (TPSA) is 82.8 Å². The van der Waals surface area contributed by atoms with Gasteiger partial charge in [-0.1, -0.05) is 24.3 Å². The summed E-state index contributed by atoms with van der Waals surface area (Å²) in [4.78, 5) is 22.9. The third-order valence-electron chi connectivity index (χ3n) is 6.60. The van der Waals surface area contributed by atoms with Crippen LogP contribution in [0, 0.1) is 5.92 Å². The van der Waals surface area contributed by atoms with Crippen LogP contribution in [0.2, 0.25) is 0 Å². The molecule has 9 heteroatoms. The Kier molecular flexibility index (Phi) is 6.51. The fourth-order valence-corrected chi connectivity index (χ4v) is 4.78. The molecule has 7 nitrogen and oxygen atoms in total. The molecule has 0 spiro atoms. The third kappa shape index (κ3) is 5.12. The number of aliphatic imine (C=N–C) groups is 1. The highest BCUT2D eigenvalue weighted by Crippen LogP contribution is 2.31. The molecule has 0 fully saturated rings. The van der Waals surface area contributed by atoms with E-state index in [0.717, 1.165) is 27.7 Å². The number of aryl methyl sites for hydroxylation is 1. The Morgan fingerprint density at radius 1 is 1.22 bits per heavy atom. The fourth-order valence-electron chi connectivity index (χ4n) is 4.78. The van der Waals surface area contributed by atoms with E-state index in [2.05, 4.69) is 27.4 Å². The molecule has 1 amide bonds. The number of nitrogens with one attached hydrogen (secondary N) is 1. The Morgan fingerprint density at radius 2 is 2.06 bits per heavy atom. The second kappa shape index (κ2) is 9.75. The fraction of sp³-hybridized carbons (Fsp3) is 0.296. The molecule has 2 N–H and O–H groups in total. The zero-order valence-corrected chi connectivity index (χ0v) is 19.8. The molecule has 2 aliphatic rings. The number of benzene rings is 2. The minimum atomic E-state index is -3.14. The van der Waals surface area contributed by atoms with E-state index in [1.165, 1.54) is 6.08 Å². The number of amides is 1. The van der Waals surface area contributed by atoms with Crippen LogP contribution in [0.4, 0.5) is 14.5 Å². The minimum absolute atomic E-state index is 0.0360. The summed E-state index contributed by atoms with van der Waals surface area (Å²) in [7, 11) is 1.96. The van der Waals surface area contributed by atoms with Crippen LogP contribution in [0.15, 0.2) is 72.1 Å². The van der Waals surface area contributed by atoms with Gasteiger partial charge < -0.3 is 15.0 Å². The van der Waals surface area contributed by atoms with Crippen molar-refractivity contribution >= 4 is 28.8 Å². The summed E-state index contributed by atoms with van der Waals surface area (Å²) in [5.41, 5.74) is 5.52. The Labute approximate surface area is 207 Å². The maximum atomic E-state index is 13.6. The summed E-state index contributed by atoms with van der Waals surface area (Å²) in [5.74, 6) is -3.47. The molecule has 36 heavy (non-hydrogen) atoms. The standard InChI is InChI=1S/C27H27F2N5O2/c1-33-17-31-24-6-3-18(11-25(24)33)23-8-9-30-12-19(23)4-7-26(36)32-22-5-2-20-13-34(14-21(20)10-22)15-27(28,29)16-35/h2-12,17,19,23,35H,13-16H2,1H3,(H,32,36)/b7-4+. The lowest BCUT2D eigenvalue weighted by Gasteiger charge is -2.21. The molecule has 2 unspecified atom stereocenters. The van der Waals surface area contributed by atoms with Gasteiger partial charge in [-0.05, 0) is 47.0 Å². The molecular weight excluding hydrogens is 464 g/mol. The second-order valence-corrected chi connectivity index (χ2v) is 9.34. The van der Waals surface area contributed by atoms with E-state index in [0.29, 0.717) is 18.8 Å². The van der Waals surface area contributed by atoms with Crippen molar-refractivity contribution in [2.45, 2.75) is 24.9 Å². The van der Waals surface area contributed by atoms with Crippen LogP contribution in [0.25, 0.3) is 11.0 Å². The average Bonchev–Trinajstić information content (AvgIpc) is 3.44. The van der Waals surface area contributed by atoms with Gasteiger partial charge in [0, 0.05) is 50.1 Å². The number of aliphatic hydroxyl groups excluding tert-OH is 1. The molecule has 1 aromatic heterocycles. The van der Waals surface area contributed by atoms with Crippen LogP contribution < -0.4 is 5.32 Å². The summed E-state index contributed by atoms with van der Waals surface area (Å²) in [6, 6.07) is 11.6. The first-order chi connectivity index (χ1) is 17.3. The average molecular weight is 492 g/mol. The van der Waals surface area contributed by atoms with Gasteiger partial charge in [-0.2, -0.15) is 0 Å². The first kappa shape index (κ1) is 24.0. The van der Waals surface area contributed by atoms with Crippen LogP contribution in [-0.2, 0) is 24.9 Å². The van der Waals surface area contributed by atoms with Gasteiger partial charge in [0.25, 0.3) is 5.92 Å². The molecule has 186 valence electrons. The molecule has 0 saturated carbocycles. The van der Waals surface area contributed by atoms with Crippen molar-refractivity contribution in [2.75, 3.05) is 18.5 Å². The van der Waals surface area contributed by atoms with Gasteiger partial charge in [-0.15, -0.1) is 0 Å². The van der Waals surface area contributed by atoms with E-state index in [-0.39, 0.29) is 17.7 Å². The quantitative estimate of drug-likeness (QED) is 0.490. The van der Waals surface area contributed by atoms with E-state index < -0.39 is 19.1 Å². The van der Waals surface area contributed by atoms with Crippen molar-refractivity contribution in [3.05, 3.63) is 83.8 Å². The van der Waals surface area contributed by atoms with Crippen LogP contribution in [-0.4, -0.2) is 50.8 Å². The lowest BCUT2D eigenvalue weighted by Crippen LogP contribution is -2.36. The summed E-state index contributed by atoms with van der Waals surface area (Å²) < 4.78 is 29.1. The molecule has 3 heterocycles. The van der Waals surface area contributed by atoms with Gasteiger partial charge >= 0.3 is 0 Å². The van der Waals surface area contributed by atoms with Gasteiger partial charge in [-0.3, -0.25) is 14.7 Å². The molecule has 0 radical (unpaired) electrons. The number of anilines is 1. The molecule has 0 bridgehead atoms. The van der Waals surface area contributed by atoms with Crippen molar-refractivity contribution in [1.82, 2.24) is 14.5 Å². The van der Waals surface area contributed by atoms with Gasteiger partial charge in [0.05, 0.1) is 23.9 Å². The number of carbonyl (C=O) groups is 1. The largest absolute Gasteiger partial charge is 0.390 e. The maximum Gasteiger partial charge on any atom is 0.283 e. The highest BCUT2D eigenvalue weighted by Gasteiger charge is 2.33. The molecule has 2 atom stereocenters. The number of aromatic nitrogens is 2. The Morgan fingerprint density at radius 3 is 2.89 bits per heavy atom. The number of allylic oxidation sites excluding steroid dienone is 2. The normalized spacial score (nSPS) is 19.9. The zero-order valence-electron chi connectivity index (χ0n) is 19.8. The number of nitrogens with zero attached hydrogens (tertiary/aromatic N) is 4. The number of hydrogen-bond donors (Lipinski definition) is 2. The van der Waals surface area contributed by atoms with E-state index >= 15 is 0 Å². The molecule has 5 rings (SSSR count). The first-order valence-corrected chi connectivity index (χ1v) is 11.7. The molecule has 2 aliphatic heterocycles. The van der Waals surface area contributed by atoms with Gasteiger partial charge in [0.15, 0.2) is 0 Å². The van der Waals surface area contributed by atoms with E-state index in [1.54, 1.807) is 23.5 Å². The summed E-state index contributed by atoms with van der Waals surface area (Å²) in [6.45, 7) is -0.944. The number of rotatable bonds is 7. The van der Waals surface area contributed by atoms with Gasteiger partial charge in [0.1, 0.15) is 6.61 Å².